The van der Waals surface area contributed by atoms with E-state index in [0.717, 1.165) is 10.8 Å². The van der Waals surface area contributed by atoms with E-state index in [2.05, 4.69) is 15.5 Å². The molecule has 0 aliphatic carbocycles. The maximum Gasteiger partial charge on any atom is 0.264 e. The number of amides is 1. The van der Waals surface area contributed by atoms with Crippen molar-refractivity contribution in [1.82, 2.24) is 10.2 Å². The molecule has 0 spiro atoms. The number of para-hydroxylation sites is 1. The van der Waals surface area contributed by atoms with Gasteiger partial charge in [-0.05, 0) is 36.4 Å². The Hall–Kier alpha value is -2.64. The van der Waals surface area contributed by atoms with Gasteiger partial charge in [-0.15, -0.1) is 10.2 Å². The van der Waals surface area contributed by atoms with Crippen LogP contribution in [-0.4, -0.2) is 29.3 Å². The van der Waals surface area contributed by atoms with Gasteiger partial charge in [0.2, 0.25) is 5.13 Å². The number of hydrogen-bond donors (Lipinski definition) is 1. The first-order valence-corrected chi connectivity index (χ1v) is 9.07. The van der Waals surface area contributed by atoms with E-state index in [9.17, 15) is 4.79 Å². The van der Waals surface area contributed by atoms with Crippen LogP contribution >= 0.6 is 22.9 Å². The third kappa shape index (κ3) is 5.72. The molecular formula is C18H16ClN3O3S. The van der Waals surface area contributed by atoms with Gasteiger partial charge in [-0.1, -0.05) is 41.1 Å². The second-order valence-electron chi connectivity index (χ2n) is 5.20. The lowest BCUT2D eigenvalue weighted by Gasteiger charge is -2.05. The van der Waals surface area contributed by atoms with Crippen LogP contribution in [0, 0.1) is 0 Å². The zero-order valence-electron chi connectivity index (χ0n) is 13.7. The van der Waals surface area contributed by atoms with Crippen LogP contribution in [0.2, 0.25) is 5.02 Å². The fourth-order valence-electron chi connectivity index (χ4n) is 2.01. The van der Waals surface area contributed by atoms with Crippen LogP contribution in [0.15, 0.2) is 54.6 Å². The van der Waals surface area contributed by atoms with E-state index in [4.69, 9.17) is 21.1 Å². The molecule has 1 aromatic heterocycles. The van der Waals surface area contributed by atoms with Crippen molar-refractivity contribution in [1.29, 1.82) is 0 Å². The first kappa shape index (κ1) is 18.2. The van der Waals surface area contributed by atoms with Gasteiger partial charge in [0, 0.05) is 11.4 Å². The Labute approximate surface area is 159 Å². The quantitative estimate of drug-likeness (QED) is 0.633. The van der Waals surface area contributed by atoms with E-state index in [1.165, 1.54) is 11.3 Å². The van der Waals surface area contributed by atoms with Gasteiger partial charge >= 0.3 is 0 Å². The fourth-order valence-corrected chi connectivity index (χ4v) is 2.88. The van der Waals surface area contributed by atoms with Crippen molar-refractivity contribution >= 4 is 34.0 Å². The van der Waals surface area contributed by atoms with Crippen molar-refractivity contribution in [3.05, 3.63) is 64.6 Å². The predicted molar refractivity (Wildman–Crippen MR) is 101 cm³/mol. The number of rotatable bonds is 8. The van der Waals surface area contributed by atoms with Crippen molar-refractivity contribution in [2.75, 3.05) is 18.5 Å². The lowest BCUT2D eigenvalue weighted by atomic mass is 10.3. The normalized spacial score (nSPS) is 10.3. The molecule has 0 unspecified atom stereocenters. The molecule has 0 bridgehead atoms. The second kappa shape index (κ2) is 9.17. The molecular weight excluding hydrogens is 374 g/mol. The van der Waals surface area contributed by atoms with Gasteiger partial charge in [0.15, 0.2) is 6.61 Å². The third-order valence-corrected chi connectivity index (χ3v) is 4.38. The third-order valence-electron chi connectivity index (χ3n) is 3.22. The van der Waals surface area contributed by atoms with Crippen LogP contribution in [0.4, 0.5) is 5.13 Å². The molecule has 0 atom stereocenters. The Morgan fingerprint density at radius 2 is 1.73 bits per heavy atom. The molecule has 0 aliphatic heterocycles. The molecule has 3 aromatic rings. The maximum absolute atomic E-state index is 11.9. The Morgan fingerprint density at radius 1 is 1.00 bits per heavy atom. The summed E-state index contributed by atoms with van der Waals surface area (Å²) < 4.78 is 11.0. The minimum atomic E-state index is -0.303. The van der Waals surface area contributed by atoms with Crippen LogP contribution < -0.4 is 14.8 Å². The Bertz CT molecular complexity index is 840. The molecule has 0 radical (unpaired) electrons. The molecule has 0 saturated carbocycles. The van der Waals surface area contributed by atoms with Crippen LogP contribution in [0.3, 0.4) is 0 Å². The largest absolute Gasteiger partial charge is 0.493 e. The Morgan fingerprint density at radius 3 is 2.50 bits per heavy atom. The molecule has 0 saturated heterocycles. The minimum Gasteiger partial charge on any atom is -0.493 e. The Kier molecular flexibility index (Phi) is 6.40. The topological polar surface area (TPSA) is 73.3 Å². The lowest BCUT2D eigenvalue weighted by molar-refractivity contribution is -0.118. The Balaban J connectivity index is 1.41. The number of anilines is 1. The molecule has 6 nitrogen and oxygen atoms in total. The highest BCUT2D eigenvalue weighted by Gasteiger charge is 2.09. The minimum absolute atomic E-state index is 0.117. The molecule has 1 N–H and O–H groups in total. The van der Waals surface area contributed by atoms with Gasteiger partial charge < -0.3 is 9.47 Å². The highest BCUT2D eigenvalue weighted by atomic mass is 35.5. The van der Waals surface area contributed by atoms with Gasteiger partial charge in [-0.3, -0.25) is 10.1 Å². The van der Waals surface area contributed by atoms with Gasteiger partial charge in [0.05, 0.1) is 6.61 Å². The van der Waals surface area contributed by atoms with E-state index in [1.807, 2.05) is 30.3 Å². The molecule has 8 heteroatoms. The highest BCUT2D eigenvalue weighted by Crippen LogP contribution is 2.18. The van der Waals surface area contributed by atoms with Gasteiger partial charge in [0.1, 0.15) is 16.5 Å². The summed E-state index contributed by atoms with van der Waals surface area (Å²) in [7, 11) is 0. The summed E-state index contributed by atoms with van der Waals surface area (Å²) in [6.45, 7) is 0.375. The van der Waals surface area contributed by atoms with E-state index in [-0.39, 0.29) is 12.5 Å². The molecule has 1 amide bonds. The zero-order chi connectivity index (χ0) is 18.2. The molecule has 134 valence electrons. The summed E-state index contributed by atoms with van der Waals surface area (Å²) in [5.74, 6) is 1.08. The number of halogens is 1. The van der Waals surface area contributed by atoms with E-state index >= 15 is 0 Å². The maximum atomic E-state index is 11.9. The van der Waals surface area contributed by atoms with Gasteiger partial charge in [0.25, 0.3) is 5.91 Å². The smallest absolute Gasteiger partial charge is 0.264 e. The fraction of sp³-hybridized carbons (Fsp3) is 0.167. The first-order chi connectivity index (χ1) is 12.7. The van der Waals surface area contributed by atoms with E-state index in [1.54, 1.807) is 24.3 Å². The summed E-state index contributed by atoms with van der Waals surface area (Å²) in [4.78, 5) is 11.9. The first-order valence-electron chi connectivity index (χ1n) is 7.87. The molecule has 0 aliphatic rings. The molecule has 0 fully saturated rings. The average molecular weight is 390 g/mol. The summed E-state index contributed by atoms with van der Waals surface area (Å²) in [5.41, 5.74) is 0. The predicted octanol–water partition coefficient (Wildman–Crippen LogP) is 3.83. The van der Waals surface area contributed by atoms with E-state index < -0.39 is 0 Å². The number of carbonyl (C=O) groups is 1. The van der Waals surface area contributed by atoms with Crippen molar-refractivity contribution in [3.63, 3.8) is 0 Å². The average Bonchev–Trinajstić information content (AvgIpc) is 3.09. The number of ether oxygens (including phenoxy) is 2. The summed E-state index contributed by atoms with van der Waals surface area (Å²) in [5, 5.41) is 12.5. The SMILES string of the molecule is O=C(COc1ccc(Cl)cc1)Nc1nnc(CCOc2ccccc2)s1. The number of hydrogen-bond acceptors (Lipinski definition) is 6. The standard InChI is InChI=1S/C18H16ClN3O3S/c19-13-6-8-15(9-7-13)25-12-16(23)20-18-22-21-17(26-18)10-11-24-14-4-2-1-3-5-14/h1-9H,10-12H2,(H,20,22,23). The lowest BCUT2D eigenvalue weighted by Crippen LogP contribution is -2.20. The number of benzene rings is 2. The van der Waals surface area contributed by atoms with Crippen molar-refractivity contribution in [2.45, 2.75) is 6.42 Å². The van der Waals surface area contributed by atoms with Crippen LogP contribution in [0.1, 0.15) is 5.01 Å². The van der Waals surface area contributed by atoms with Gasteiger partial charge in [-0.25, -0.2) is 0 Å². The van der Waals surface area contributed by atoms with Crippen LogP contribution in [0.25, 0.3) is 0 Å². The summed E-state index contributed by atoms with van der Waals surface area (Å²) in [6, 6.07) is 16.4. The number of nitrogens with zero attached hydrogens (tertiary/aromatic N) is 2. The number of carbonyl (C=O) groups excluding carboxylic acids is 1. The van der Waals surface area contributed by atoms with Gasteiger partial charge in [-0.2, -0.15) is 0 Å². The van der Waals surface area contributed by atoms with Crippen LogP contribution in [0.5, 0.6) is 11.5 Å². The number of nitrogens with one attached hydrogen (secondary N) is 1. The molecule has 3 rings (SSSR count). The van der Waals surface area contributed by atoms with Crippen molar-refractivity contribution in [3.8, 4) is 11.5 Å². The zero-order valence-corrected chi connectivity index (χ0v) is 15.3. The van der Waals surface area contributed by atoms with Crippen molar-refractivity contribution < 1.29 is 14.3 Å². The van der Waals surface area contributed by atoms with Crippen LogP contribution in [-0.2, 0) is 11.2 Å². The van der Waals surface area contributed by atoms with Crippen molar-refractivity contribution in [2.24, 2.45) is 0 Å². The monoisotopic (exact) mass is 389 g/mol. The summed E-state index contributed by atoms with van der Waals surface area (Å²) >= 11 is 7.11. The van der Waals surface area contributed by atoms with E-state index in [0.29, 0.717) is 28.9 Å². The highest BCUT2D eigenvalue weighted by molar-refractivity contribution is 7.15. The summed E-state index contributed by atoms with van der Waals surface area (Å²) in [6.07, 6.45) is 0.615. The second-order valence-corrected chi connectivity index (χ2v) is 6.70. The molecule has 2 aromatic carbocycles. The number of aromatic nitrogens is 2. The molecule has 26 heavy (non-hydrogen) atoms. The molecule has 1 heterocycles.